The monoisotopic (exact) mass is 496 g/mol. The summed E-state index contributed by atoms with van der Waals surface area (Å²) in [5.74, 6) is 0.125. The smallest absolute Gasteiger partial charge is 0.343 e. The topological polar surface area (TPSA) is 61.8 Å². The van der Waals surface area contributed by atoms with Crippen LogP contribution in [0.25, 0.3) is 0 Å². The Balaban J connectivity index is 1.48. The number of ether oxygens (including phenoxy) is 3. The summed E-state index contributed by atoms with van der Waals surface area (Å²) in [7, 11) is 0. The Hall–Kier alpha value is -3.12. The van der Waals surface area contributed by atoms with Gasteiger partial charge in [0, 0.05) is 0 Å². The number of rotatable bonds is 10. The normalized spacial score (nSPS) is 10.4. The van der Waals surface area contributed by atoms with E-state index in [1.54, 1.807) is 42.5 Å². The second-order valence-electron chi connectivity index (χ2n) is 7.13. The van der Waals surface area contributed by atoms with Crippen LogP contribution in [-0.4, -0.2) is 25.2 Å². The average Bonchev–Trinajstić information content (AvgIpc) is 2.82. The van der Waals surface area contributed by atoms with E-state index < -0.39 is 11.9 Å². The van der Waals surface area contributed by atoms with E-state index in [1.807, 2.05) is 25.1 Å². The van der Waals surface area contributed by atoms with Gasteiger partial charge in [-0.2, -0.15) is 0 Å². The Morgan fingerprint density at radius 2 is 1.56 bits per heavy atom. The third kappa shape index (κ3) is 6.95. The Morgan fingerprint density at radius 3 is 2.25 bits per heavy atom. The van der Waals surface area contributed by atoms with Crippen LogP contribution in [-0.2, 0) is 11.2 Å². The Kier molecular flexibility index (Phi) is 8.87. The van der Waals surface area contributed by atoms with Crippen molar-refractivity contribution >= 4 is 27.9 Å². The SMILES string of the molecule is CCCOc1ccc(C(=O)Oc2ccc(C(=O)OCCCc3ccccc3)cc2)cc1Br. The van der Waals surface area contributed by atoms with Crippen molar-refractivity contribution < 1.29 is 23.8 Å². The van der Waals surface area contributed by atoms with E-state index in [9.17, 15) is 9.59 Å². The zero-order valence-corrected chi connectivity index (χ0v) is 19.5. The van der Waals surface area contributed by atoms with E-state index in [2.05, 4.69) is 28.1 Å². The minimum atomic E-state index is -0.496. The number of hydrogen-bond donors (Lipinski definition) is 0. The van der Waals surface area contributed by atoms with Crippen LogP contribution >= 0.6 is 15.9 Å². The van der Waals surface area contributed by atoms with Crippen molar-refractivity contribution in [2.24, 2.45) is 0 Å². The third-order valence-corrected chi connectivity index (χ3v) is 5.24. The minimum absolute atomic E-state index is 0.345. The van der Waals surface area contributed by atoms with Gasteiger partial charge in [-0.1, -0.05) is 37.3 Å². The van der Waals surface area contributed by atoms with Crippen LogP contribution in [0.4, 0.5) is 0 Å². The molecule has 0 aliphatic heterocycles. The van der Waals surface area contributed by atoms with Crippen LogP contribution in [0.3, 0.4) is 0 Å². The first-order valence-corrected chi connectivity index (χ1v) is 11.3. The molecule has 0 fully saturated rings. The molecule has 3 aromatic rings. The molecule has 3 aromatic carbocycles. The van der Waals surface area contributed by atoms with Gasteiger partial charge in [-0.15, -0.1) is 0 Å². The van der Waals surface area contributed by atoms with E-state index in [0.29, 0.717) is 40.3 Å². The zero-order valence-electron chi connectivity index (χ0n) is 17.9. The summed E-state index contributed by atoms with van der Waals surface area (Å²) in [5.41, 5.74) is 2.01. The second kappa shape index (κ2) is 12.1. The number of benzene rings is 3. The Morgan fingerprint density at radius 1 is 0.844 bits per heavy atom. The third-order valence-electron chi connectivity index (χ3n) is 4.62. The highest BCUT2D eigenvalue weighted by Crippen LogP contribution is 2.27. The van der Waals surface area contributed by atoms with Crippen LogP contribution in [0.1, 0.15) is 46.0 Å². The molecule has 0 aromatic heterocycles. The van der Waals surface area contributed by atoms with Crippen LogP contribution in [0, 0.1) is 0 Å². The maximum atomic E-state index is 12.4. The first-order chi connectivity index (χ1) is 15.6. The van der Waals surface area contributed by atoms with E-state index in [1.165, 1.54) is 5.56 Å². The molecule has 166 valence electrons. The molecular weight excluding hydrogens is 472 g/mol. The number of esters is 2. The lowest BCUT2D eigenvalue weighted by molar-refractivity contribution is 0.0500. The molecule has 6 heteroatoms. The fraction of sp³-hybridized carbons (Fsp3) is 0.231. The molecule has 3 rings (SSSR count). The molecule has 32 heavy (non-hydrogen) atoms. The van der Waals surface area contributed by atoms with E-state index in [0.717, 1.165) is 19.3 Å². The molecule has 0 atom stereocenters. The van der Waals surface area contributed by atoms with E-state index in [4.69, 9.17) is 14.2 Å². The number of carbonyl (C=O) groups excluding carboxylic acids is 2. The predicted octanol–water partition coefficient (Wildman–Crippen LogP) is 6.25. The molecule has 0 saturated carbocycles. The van der Waals surface area contributed by atoms with Crippen molar-refractivity contribution in [1.82, 2.24) is 0 Å². The van der Waals surface area contributed by atoms with Crippen molar-refractivity contribution in [2.75, 3.05) is 13.2 Å². The van der Waals surface area contributed by atoms with Crippen molar-refractivity contribution in [3.63, 3.8) is 0 Å². The van der Waals surface area contributed by atoms with Crippen LogP contribution < -0.4 is 9.47 Å². The first kappa shape index (κ1) is 23.5. The van der Waals surface area contributed by atoms with Gasteiger partial charge in [0.1, 0.15) is 11.5 Å². The molecule has 0 saturated heterocycles. The molecule has 0 unspecified atom stereocenters. The van der Waals surface area contributed by atoms with Gasteiger partial charge in [0.2, 0.25) is 0 Å². The molecule has 0 aliphatic rings. The molecule has 0 aliphatic carbocycles. The standard InChI is InChI=1S/C26H25BrO5/c1-2-16-30-24-15-12-21(18-23(24)27)26(29)32-22-13-10-20(11-14-22)25(28)31-17-6-9-19-7-4-3-5-8-19/h3-5,7-8,10-15,18H,2,6,9,16-17H2,1H3. The van der Waals surface area contributed by atoms with Crippen LogP contribution in [0.15, 0.2) is 77.3 Å². The van der Waals surface area contributed by atoms with Gasteiger partial charge >= 0.3 is 11.9 Å². The highest BCUT2D eigenvalue weighted by molar-refractivity contribution is 9.10. The summed E-state index contributed by atoms with van der Waals surface area (Å²) < 4.78 is 17.0. The molecule has 0 spiro atoms. The van der Waals surface area contributed by atoms with Crippen molar-refractivity contribution in [3.05, 3.63) is 94.0 Å². The molecule has 0 heterocycles. The van der Waals surface area contributed by atoms with Gasteiger partial charge in [0.25, 0.3) is 0 Å². The van der Waals surface area contributed by atoms with Crippen LogP contribution in [0.5, 0.6) is 11.5 Å². The number of hydrogen-bond acceptors (Lipinski definition) is 5. The maximum Gasteiger partial charge on any atom is 0.343 e. The van der Waals surface area contributed by atoms with Gasteiger partial charge in [-0.3, -0.25) is 0 Å². The Bertz CT molecular complexity index is 1030. The van der Waals surface area contributed by atoms with Gasteiger partial charge in [-0.25, -0.2) is 9.59 Å². The van der Waals surface area contributed by atoms with Gasteiger partial charge in [-0.05, 0) is 83.2 Å². The fourth-order valence-corrected chi connectivity index (χ4v) is 3.44. The minimum Gasteiger partial charge on any atom is -0.492 e. The largest absolute Gasteiger partial charge is 0.492 e. The molecule has 0 amide bonds. The maximum absolute atomic E-state index is 12.4. The molecule has 0 N–H and O–H groups in total. The van der Waals surface area contributed by atoms with Gasteiger partial charge in [0.05, 0.1) is 28.8 Å². The highest BCUT2D eigenvalue weighted by atomic mass is 79.9. The highest BCUT2D eigenvalue weighted by Gasteiger charge is 2.13. The lowest BCUT2D eigenvalue weighted by Crippen LogP contribution is -2.10. The first-order valence-electron chi connectivity index (χ1n) is 10.5. The molecule has 5 nitrogen and oxygen atoms in total. The lowest BCUT2D eigenvalue weighted by Gasteiger charge is -2.09. The van der Waals surface area contributed by atoms with Crippen molar-refractivity contribution in [3.8, 4) is 11.5 Å². The Labute approximate surface area is 196 Å². The summed E-state index contributed by atoms with van der Waals surface area (Å²) in [6.45, 7) is 2.97. The van der Waals surface area contributed by atoms with Gasteiger partial charge in [0.15, 0.2) is 0 Å². The van der Waals surface area contributed by atoms with Crippen molar-refractivity contribution in [2.45, 2.75) is 26.2 Å². The summed E-state index contributed by atoms with van der Waals surface area (Å²) in [6.07, 6.45) is 2.50. The summed E-state index contributed by atoms with van der Waals surface area (Å²) in [5, 5.41) is 0. The molecule has 0 radical (unpaired) electrons. The van der Waals surface area contributed by atoms with Gasteiger partial charge < -0.3 is 14.2 Å². The zero-order chi connectivity index (χ0) is 22.8. The molecule has 0 bridgehead atoms. The summed E-state index contributed by atoms with van der Waals surface area (Å²) in [6, 6.07) is 21.4. The quantitative estimate of drug-likeness (QED) is 0.188. The van der Waals surface area contributed by atoms with Crippen molar-refractivity contribution in [1.29, 1.82) is 0 Å². The number of aryl methyl sites for hydroxylation is 1. The molecular formula is C26H25BrO5. The number of carbonyl (C=O) groups is 2. The fourth-order valence-electron chi connectivity index (χ4n) is 2.95. The average molecular weight is 497 g/mol. The summed E-state index contributed by atoms with van der Waals surface area (Å²) >= 11 is 3.41. The summed E-state index contributed by atoms with van der Waals surface area (Å²) in [4.78, 5) is 24.6. The van der Waals surface area contributed by atoms with Crippen LogP contribution in [0.2, 0.25) is 0 Å². The second-order valence-corrected chi connectivity index (χ2v) is 7.99. The van der Waals surface area contributed by atoms with E-state index in [-0.39, 0.29) is 0 Å². The van der Waals surface area contributed by atoms with E-state index >= 15 is 0 Å². The lowest BCUT2D eigenvalue weighted by atomic mass is 10.1. The number of halogens is 1. The predicted molar refractivity (Wildman–Crippen MR) is 126 cm³/mol.